The van der Waals surface area contributed by atoms with Gasteiger partial charge in [0.05, 0.1) is 5.97 Å². The van der Waals surface area contributed by atoms with Gasteiger partial charge in [0.2, 0.25) is 0 Å². The van der Waals surface area contributed by atoms with Crippen molar-refractivity contribution >= 4 is 49.7 Å². The molecule has 0 rings (SSSR count). The maximum absolute atomic E-state index is 9.64. The molecule has 0 aromatic carbocycles. The molecule has 0 unspecified atom stereocenters. The van der Waals surface area contributed by atoms with Gasteiger partial charge in [0.1, 0.15) is 0 Å². The van der Waals surface area contributed by atoms with Crippen LogP contribution in [0.1, 0.15) is 13.8 Å². The molecule has 0 N–H and O–H groups in total. The predicted molar refractivity (Wildman–Crippen MR) is 45.4 cm³/mol. The molecule has 0 fully saturated rings. The molecule has 0 radical (unpaired) electrons. The maximum Gasteiger partial charge on any atom is 2.00 e. The number of carboxylic acids is 2. The standard InChI is InChI=1S/C6H8O2.C2H4O2.Ca/c1-2-3-4-5-6(7)8;1-2(3)4;/h2-5H,1H3,(H,7,8);1H3,(H,3,4);/q;;+2/p-2/b3-2+,5-4+;;. The fraction of sp³-hybridized carbons (Fsp3) is 0.250. The zero-order valence-corrected chi connectivity index (χ0v) is 9.86. The second kappa shape index (κ2) is 14.2. The number of rotatable bonds is 2. The Kier molecular flexibility index (Phi) is 20.2. The van der Waals surface area contributed by atoms with Gasteiger partial charge >= 0.3 is 37.7 Å². The molecule has 0 aromatic rings. The van der Waals surface area contributed by atoms with Gasteiger partial charge in [0, 0.05) is 5.97 Å². The van der Waals surface area contributed by atoms with Crippen molar-refractivity contribution in [2.75, 3.05) is 0 Å². The van der Waals surface area contributed by atoms with Crippen molar-refractivity contribution in [3.63, 3.8) is 0 Å². The fourth-order valence-electron chi connectivity index (χ4n) is 0.245. The van der Waals surface area contributed by atoms with Crippen molar-refractivity contribution in [2.24, 2.45) is 0 Å². The summed E-state index contributed by atoms with van der Waals surface area (Å²) in [6, 6.07) is 0. The number of hydrogen-bond donors (Lipinski definition) is 0. The van der Waals surface area contributed by atoms with Crippen LogP contribution < -0.4 is 10.2 Å². The summed E-state index contributed by atoms with van der Waals surface area (Å²) in [5.74, 6) is -2.25. The second-order valence-electron chi connectivity index (χ2n) is 1.70. The first kappa shape index (κ1) is 18.5. The Balaban J connectivity index is -0.000000173. The van der Waals surface area contributed by atoms with E-state index in [1.54, 1.807) is 19.1 Å². The number of aliphatic carboxylic acids is 2. The largest absolute Gasteiger partial charge is 2.00 e. The summed E-state index contributed by atoms with van der Waals surface area (Å²) in [6.07, 6.45) is 5.74. The summed E-state index contributed by atoms with van der Waals surface area (Å²) in [4.78, 5) is 18.5. The first-order valence-electron chi connectivity index (χ1n) is 3.18. The summed E-state index contributed by atoms with van der Waals surface area (Å²) >= 11 is 0. The zero-order valence-electron chi connectivity index (χ0n) is 7.65. The Bertz CT molecular complexity index is 192. The average Bonchev–Trinajstić information content (AvgIpc) is 1.86. The van der Waals surface area contributed by atoms with Gasteiger partial charge in [-0.15, -0.1) is 0 Å². The van der Waals surface area contributed by atoms with Crippen LogP contribution in [0.5, 0.6) is 0 Å². The molecular formula is C8H10CaO4. The monoisotopic (exact) mass is 210 g/mol. The van der Waals surface area contributed by atoms with Crippen LogP contribution in [-0.4, -0.2) is 49.7 Å². The van der Waals surface area contributed by atoms with E-state index in [9.17, 15) is 9.90 Å². The van der Waals surface area contributed by atoms with Crippen molar-refractivity contribution in [2.45, 2.75) is 13.8 Å². The van der Waals surface area contributed by atoms with Crippen LogP contribution in [0.2, 0.25) is 0 Å². The van der Waals surface area contributed by atoms with Crippen LogP contribution in [0.4, 0.5) is 0 Å². The van der Waals surface area contributed by atoms with E-state index in [0.717, 1.165) is 13.0 Å². The molecule has 4 nitrogen and oxygen atoms in total. The summed E-state index contributed by atoms with van der Waals surface area (Å²) in [5, 5.41) is 18.5. The number of carboxylic acid groups (broad SMARTS) is 2. The SMILES string of the molecule is C/C=C/C=C/C(=O)[O-].CC(=O)[O-].[Ca+2]. The van der Waals surface area contributed by atoms with Crippen molar-refractivity contribution in [3.05, 3.63) is 24.3 Å². The minimum absolute atomic E-state index is 0. The van der Waals surface area contributed by atoms with Gasteiger partial charge in [-0.1, -0.05) is 18.2 Å². The van der Waals surface area contributed by atoms with Gasteiger partial charge in [-0.25, -0.2) is 0 Å². The van der Waals surface area contributed by atoms with Crippen molar-refractivity contribution in [3.8, 4) is 0 Å². The normalized spacial score (nSPS) is 8.77. The molecule has 13 heavy (non-hydrogen) atoms. The van der Waals surface area contributed by atoms with Crippen LogP contribution in [0, 0.1) is 0 Å². The van der Waals surface area contributed by atoms with E-state index in [4.69, 9.17) is 9.90 Å². The molecule has 0 aliphatic heterocycles. The van der Waals surface area contributed by atoms with Gasteiger partial charge < -0.3 is 19.8 Å². The smallest absolute Gasteiger partial charge is 0.550 e. The fourth-order valence-corrected chi connectivity index (χ4v) is 0.245. The molecule has 0 aromatic heterocycles. The molecule has 0 saturated heterocycles. The molecule has 0 aliphatic rings. The van der Waals surface area contributed by atoms with Crippen molar-refractivity contribution in [1.29, 1.82) is 0 Å². The number of carbonyl (C=O) groups excluding carboxylic acids is 2. The number of allylic oxidation sites excluding steroid dienone is 3. The van der Waals surface area contributed by atoms with E-state index in [1.807, 2.05) is 0 Å². The molecule has 0 saturated carbocycles. The predicted octanol–water partition coefficient (Wildman–Crippen LogP) is -1.76. The third kappa shape index (κ3) is 50.0. The maximum atomic E-state index is 9.64. The van der Waals surface area contributed by atoms with Gasteiger partial charge in [-0.05, 0) is 19.9 Å². The van der Waals surface area contributed by atoms with Crippen LogP contribution in [0.3, 0.4) is 0 Å². The van der Waals surface area contributed by atoms with Gasteiger partial charge in [0.25, 0.3) is 0 Å². The van der Waals surface area contributed by atoms with Crippen LogP contribution in [-0.2, 0) is 9.59 Å². The van der Waals surface area contributed by atoms with E-state index >= 15 is 0 Å². The van der Waals surface area contributed by atoms with E-state index < -0.39 is 11.9 Å². The summed E-state index contributed by atoms with van der Waals surface area (Å²) in [6.45, 7) is 2.78. The molecule has 5 heteroatoms. The summed E-state index contributed by atoms with van der Waals surface area (Å²) < 4.78 is 0. The third-order valence-electron chi connectivity index (χ3n) is 0.536. The molecule has 0 amide bonds. The minimum Gasteiger partial charge on any atom is -0.550 e. The number of carbonyl (C=O) groups is 2. The quantitative estimate of drug-likeness (QED) is 0.307. The second-order valence-corrected chi connectivity index (χ2v) is 1.70. The first-order valence-corrected chi connectivity index (χ1v) is 3.18. The van der Waals surface area contributed by atoms with Crippen molar-refractivity contribution in [1.82, 2.24) is 0 Å². The van der Waals surface area contributed by atoms with Gasteiger partial charge in [0.15, 0.2) is 0 Å². The molecule has 68 valence electrons. The Hall–Kier alpha value is -0.320. The molecule has 0 spiro atoms. The van der Waals surface area contributed by atoms with Crippen LogP contribution in [0.25, 0.3) is 0 Å². The summed E-state index contributed by atoms with van der Waals surface area (Å²) in [5.41, 5.74) is 0. The van der Waals surface area contributed by atoms with Crippen LogP contribution in [0.15, 0.2) is 24.3 Å². The van der Waals surface area contributed by atoms with Gasteiger partial charge in [-0.2, -0.15) is 0 Å². The Morgan fingerprint density at radius 1 is 1.15 bits per heavy atom. The first-order chi connectivity index (χ1) is 5.50. The Morgan fingerprint density at radius 3 is 1.77 bits per heavy atom. The average molecular weight is 210 g/mol. The van der Waals surface area contributed by atoms with Gasteiger partial charge in [-0.3, -0.25) is 0 Å². The molecule has 0 atom stereocenters. The topological polar surface area (TPSA) is 80.3 Å². The molecular weight excluding hydrogens is 200 g/mol. The summed E-state index contributed by atoms with van der Waals surface area (Å²) in [7, 11) is 0. The third-order valence-corrected chi connectivity index (χ3v) is 0.536. The Morgan fingerprint density at radius 2 is 1.54 bits per heavy atom. The number of hydrogen-bond acceptors (Lipinski definition) is 4. The molecule has 0 heterocycles. The van der Waals surface area contributed by atoms with E-state index in [-0.39, 0.29) is 37.7 Å². The van der Waals surface area contributed by atoms with Crippen LogP contribution >= 0.6 is 0 Å². The molecule has 0 bridgehead atoms. The van der Waals surface area contributed by atoms with E-state index in [2.05, 4.69) is 0 Å². The zero-order chi connectivity index (χ0) is 9.98. The van der Waals surface area contributed by atoms with E-state index in [0.29, 0.717) is 0 Å². The molecule has 0 aliphatic carbocycles. The minimum atomic E-state index is -1.16. The van der Waals surface area contributed by atoms with E-state index in [1.165, 1.54) is 6.08 Å². The van der Waals surface area contributed by atoms with Crippen molar-refractivity contribution < 1.29 is 19.8 Å². The Labute approximate surface area is 107 Å².